The average molecular weight is 1690 g/mol. The molecule has 131 heavy (non-hydrogen) atoms. The monoisotopic (exact) mass is 1690 g/mol. The van der Waals surface area contributed by atoms with Crippen LogP contribution in [0.3, 0.4) is 0 Å². The Balaban J connectivity index is 0.000000140. The van der Waals surface area contributed by atoms with Crippen molar-refractivity contribution in [3.05, 3.63) is 437 Å². The van der Waals surface area contributed by atoms with Gasteiger partial charge >= 0.3 is 0 Å². The Morgan fingerprint density at radius 1 is 0.191 bits per heavy atom. The predicted octanol–water partition coefficient (Wildman–Crippen LogP) is 29.5. The second-order valence-corrected chi connectivity index (χ2v) is 32.4. The molecule has 0 saturated carbocycles. The van der Waals surface area contributed by atoms with Crippen LogP contribution in [0.15, 0.2) is 437 Å². The molecular weight excluding hydrogens is 1610 g/mol. The molecule has 0 bridgehead atoms. The number of fused-ring (bicyclic) bond motifs is 15. The van der Waals surface area contributed by atoms with Crippen molar-refractivity contribution in [1.29, 1.82) is 0 Å². The molecule has 17 nitrogen and oxygen atoms in total. The van der Waals surface area contributed by atoms with Crippen LogP contribution < -0.4 is 28.9 Å². The zero-order valence-electron chi connectivity index (χ0n) is 69.6. The Bertz CT molecular complexity index is 8170. The largest absolute Gasteiger partial charge is 0.453 e. The number of aromatic nitrogens is 11. The van der Waals surface area contributed by atoms with E-state index in [4.69, 9.17) is 39.1 Å². The zero-order valence-corrected chi connectivity index (χ0v) is 69.6. The molecule has 0 unspecified atom stereocenters. The van der Waals surface area contributed by atoms with Crippen molar-refractivity contribution in [3.8, 4) is 108 Å². The second-order valence-electron chi connectivity index (χ2n) is 32.4. The van der Waals surface area contributed by atoms with Gasteiger partial charge in [-0.15, -0.1) is 0 Å². The van der Waals surface area contributed by atoms with Crippen molar-refractivity contribution in [3.63, 3.8) is 0 Å². The summed E-state index contributed by atoms with van der Waals surface area (Å²) < 4.78 is 33.0. The summed E-state index contributed by atoms with van der Waals surface area (Å²) >= 11 is 0. The molecule has 9 heterocycles. The minimum Gasteiger partial charge on any atom is -0.453 e. The van der Waals surface area contributed by atoms with Crippen LogP contribution >= 0.6 is 0 Å². The number of ether oxygens (including phenoxy) is 3. The van der Waals surface area contributed by atoms with Crippen molar-refractivity contribution in [2.24, 2.45) is 0 Å². The van der Waals surface area contributed by atoms with Gasteiger partial charge in [-0.2, -0.15) is 0 Å². The van der Waals surface area contributed by atoms with Crippen LogP contribution in [0, 0.1) is 0 Å². The van der Waals surface area contributed by atoms with Crippen molar-refractivity contribution in [2.45, 2.75) is 7.43 Å². The maximum atomic E-state index is 6.71. The Kier molecular flexibility index (Phi) is 17.7. The Labute approximate surface area is 752 Å². The predicted molar refractivity (Wildman–Crippen MR) is 527 cm³/mol. The van der Waals surface area contributed by atoms with Crippen LogP contribution in [-0.2, 0) is 0 Å². The van der Waals surface area contributed by atoms with E-state index >= 15 is 0 Å². The number of rotatable bonds is 12. The maximum absolute atomic E-state index is 6.71. The van der Waals surface area contributed by atoms with Gasteiger partial charge in [0.1, 0.15) is 56.7 Å². The molecule has 24 aromatic rings. The third-order valence-electron chi connectivity index (χ3n) is 24.8. The van der Waals surface area contributed by atoms with Gasteiger partial charge in [0, 0.05) is 56.4 Å². The lowest BCUT2D eigenvalue weighted by Crippen LogP contribution is -2.18. The van der Waals surface area contributed by atoms with Crippen molar-refractivity contribution >= 4 is 123 Å². The average Bonchev–Trinajstić information content (AvgIpc) is 1.52. The minimum absolute atomic E-state index is 0. The number of hydrogen-bond donors (Lipinski definition) is 0. The number of nitrogens with zero attached hydrogens (tertiary/aromatic N) is 14. The van der Waals surface area contributed by atoms with Crippen LogP contribution in [0.1, 0.15) is 7.43 Å². The zero-order chi connectivity index (χ0) is 85.4. The third-order valence-corrected chi connectivity index (χ3v) is 24.8. The smallest absolute Gasteiger partial charge is 0.220 e. The summed E-state index contributed by atoms with van der Waals surface area (Å²) in [6.45, 7) is 0. The molecule has 6 aromatic heterocycles. The molecule has 620 valence electrons. The molecule has 0 amide bonds. The van der Waals surface area contributed by atoms with Gasteiger partial charge in [0.25, 0.3) is 0 Å². The second kappa shape index (κ2) is 30.7. The van der Waals surface area contributed by atoms with E-state index in [1.54, 1.807) is 0 Å². The van der Waals surface area contributed by atoms with Crippen LogP contribution in [0.2, 0.25) is 0 Å². The molecule has 0 aliphatic carbocycles. The first-order valence-electron chi connectivity index (χ1n) is 43.4. The molecule has 18 aromatic carbocycles. The highest BCUT2D eigenvalue weighted by molar-refractivity contribution is 6.19. The van der Waals surface area contributed by atoms with Gasteiger partial charge < -0.3 is 24.0 Å². The maximum Gasteiger partial charge on any atom is 0.220 e. The highest BCUT2D eigenvalue weighted by atomic mass is 16.5. The number of hydrogen-bond acceptors (Lipinski definition) is 11. The van der Waals surface area contributed by atoms with Crippen LogP contribution in [0.25, 0.3) is 146 Å². The van der Waals surface area contributed by atoms with Crippen molar-refractivity contribution < 1.29 is 14.2 Å². The quantitative estimate of drug-likeness (QED) is 0.116. The first kappa shape index (κ1) is 75.4. The van der Waals surface area contributed by atoms with E-state index in [9.17, 15) is 0 Å². The molecule has 0 saturated heterocycles. The van der Waals surface area contributed by atoms with Crippen LogP contribution in [0.4, 0.5) is 51.2 Å². The van der Waals surface area contributed by atoms with E-state index in [-0.39, 0.29) is 7.43 Å². The van der Waals surface area contributed by atoms with Gasteiger partial charge in [0.15, 0.2) is 34.5 Å². The molecule has 27 rings (SSSR count). The summed E-state index contributed by atoms with van der Waals surface area (Å²) in [7, 11) is 0. The van der Waals surface area contributed by atoms with E-state index in [1.165, 1.54) is 0 Å². The molecule has 0 spiro atoms. The number of benzene rings is 18. The summed E-state index contributed by atoms with van der Waals surface area (Å²) in [4.78, 5) is 35.0. The Hall–Kier alpha value is -18.1. The van der Waals surface area contributed by atoms with Gasteiger partial charge in [-0.05, 0) is 206 Å². The highest BCUT2D eigenvalue weighted by Gasteiger charge is 2.38. The van der Waals surface area contributed by atoms with Crippen molar-refractivity contribution in [1.82, 2.24) is 52.2 Å². The lowest BCUT2D eigenvalue weighted by atomic mass is 10.1. The molecular formula is C114H76N14O3. The number of anilines is 9. The first-order chi connectivity index (χ1) is 64.5. The molecule has 3 aliphatic rings. The fourth-order valence-corrected chi connectivity index (χ4v) is 19.2. The van der Waals surface area contributed by atoms with Gasteiger partial charge in [0.05, 0.1) is 78.3 Å². The fourth-order valence-electron chi connectivity index (χ4n) is 19.2. The molecule has 0 N–H and O–H groups in total. The summed E-state index contributed by atoms with van der Waals surface area (Å²) in [6.07, 6.45) is 0. The van der Waals surface area contributed by atoms with Gasteiger partial charge in [-0.3, -0.25) is 32.1 Å². The molecule has 0 radical (unpaired) electrons. The van der Waals surface area contributed by atoms with Crippen LogP contribution in [0.5, 0.6) is 34.5 Å². The van der Waals surface area contributed by atoms with Crippen molar-refractivity contribution in [2.75, 3.05) is 14.7 Å². The molecule has 3 aliphatic heterocycles. The number of imidazole rings is 6. The number of para-hydroxylation sites is 20. The molecule has 17 heteroatoms. The van der Waals surface area contributed by atoms with Crippen LogP contribution in [-0.4, -0.2) is 52.2 Å². The summed E-state index contributed by atoms with van der Waals surface area (Å²) in [5.74, 6) is 8.80. The van der Waals surface area contributed by atoms with Gasteiger partial charge in [-0.25, -0.2) is 24.9 Å². The van der Waals surface area contributed by atoms with Gasteiger partial charge in [-0.1, -0.05) is 238 Å². The fraction of sp³-hybridized carbons (Fsp3) is 0.00877. The minimum atomic E-state index is 0. The van der Waals surface area contributed by atoms with E-state index in [0.717, 1.165) is 232 Å². The topological polar surface area (TPSA) is 131 Å². The normalized spacial score (nSPS) is 12.4. The first-order valence-corrected chi connectivity index (χ1v) is 43.4. The standard InChI is InChI=1S/C57H36N8O.C56H36N6O2.CH4/c1-5-21-37(22-6-1)55-59-49-52(62(55)40-27-11-4-12-28-40)54(65-44-32-16-15-31-43(44)64-42-30-14-13-29-41(42)58-57(64)65)50-51(61(39-25-9-3-10-26-39)56(60-50)38-23-7-2-8-24-38)53(49)63-45-33-17-19-35-47(45)66-48-36-20-18-34-46(48)63;1-3-15-39(16-4-1)61-49-35-44-50(36-43(49)57-55(61)37-27-31-41(32-28-37)59-45-19-7-11-23-51(45)63-52-24-12-8-20-46(52)59)62(40-17-5-2-6-18-40)56(58-44)38-29-33-42(34-30-38)60-47-21-9-13-25-53(47)64-54-26-14-10-22-48(54)60;/h1-36H;1-36H;1H4. The van der Waals surface area contributed by atoms with Gasteiger partial charge in [0.2, 0.25) is 5.78 Å². The van der Waals surface area contributed by atoms with E-state index in [2.05, 4.69) is 370 Å². The van der Waals surface area contributed by atoms with E-state index in [1.807, 2.05) is 109 Å². The molecule has 0 fully saturated rings. The summed E-state index contributed by atoms with van der Waals surface area (Å²) in [5.41, 5.74) is 28.3. The SMILES string of the molecule is C.c1ccc(-c2nc3c(-n4c5ccccc5n5c6ccccc6nc45)c4c(nc(-c5ccccc5)n4-c4ccccc4)c(N4c5ccccc5Oc5ccccc54)c3n2-c2ccccc2)cc1.c1ccc(-n2c(-c3ccc(N4c5ccccc5Oc5ccccc54)cc3)nc3cc4c(cc32)nc(-c2ccc(N3c5ccccc5Oc5ccccc53)cc2)n4-c2ccccc2)cc1. The van der Waals surface area contributed by atoms with E-state index < -0.39 is 0 Å². The third kappa shape index (κ3) is 12.1. The summed E-state index contributed by atoms with van der Waals surface area (Å²) in [6, 6.07) is 151. The lowest BCUT2D eigenvalue weighted by Gasteiger charge is -2.33. The summed E-state index contributed by atoms with van der Waals surface area (Å²) in [5, 5.41) is 0. The lowest BCUT2D eigenvalue weighted by molar-refractivity contribution is 0.477. The van der Waals surface area contributed by atoms with E-state index in [0.29, 0.717) is 0 Å². The highest BCUT2D eigenvalue weighted by Crippen LogP contribution is 2.58. The Morgan fingerprint density at radius 2 is 0.481 bits per heavy atom. The Morgan fingerprint density at radius 3 is 0.870 bits per heavy atom. The molecule has 0 atom stereocenters.